The second-order valence-electron chi connectivity index (χ2n) is 5.30. The quantitative estimate of drug-likeness (QED) is 0.877. The van der Waals surface area contributed by atoms with E-state index in [4.69, 9.17) is 0 Å². The Bertz CT molecular complexity index is 482. The Morgan fingerprint density at radius 1 is 1.52 bits per heavy atom. The second-order valence-corrected chi connectivity index (χ2v) is 5.30. The molecule has 116 valence electrons. The van der Waals surface area contributed by atoms with Gasteiger partial charge in [0.25, 0.3) is 5.91 Å². The number of amides is 1. The first-order chi connectivity index (χ1) is 10.1. The third kappa shape index (κ3) is 4.67. The number of hydrogen-bond acceptors (Lipinski definition) is 3. The van der Waals surface area contributed by atoms with Gasteiger partial charge in [0.2, 0.25) is 0 Å². The van der Waals surface area contributed by atoms with Gasteiger partial charge in [-0.1, -0.05) is 13.0 Å². The molecule has 2 unspecified atom stereocenters. The van der Waals surface area contributed by atoms with Crippen molar-refractivity contribution >= 4 is 5.91 Å². The van der Waals surface area contributed by atoms with Crippen LogP contribution in [-0.4, -0.2) is 31.7 Å². The molecule has 1 aliphatic heterocycles. The molecule has 1 heterocycles. The van der Waals surface area contributed by atoms with Crippen molar-refractivity contribution in [2.45, 2.75) is 32.4 Å². The fourth-order valence-corrected chi connectivity index (χ4v) is 2.51. The summed E-state index contributed by atoms with van der Waals surface area (Å²) >= 11 is 0. The fraction of sp³-hybridized carbons (Fsp3) is 0.533. The Labute approximate surface area is 122 Å². The van der Waals surface area contributed by atoms with Crippen molar-refractivity contribution in [2.24, 2.45) is 5.92 Å². The molecule has 6 heteroatoms. The standard InChI is InChI=1S/C15H20F2N2O2/c1-10-4-3-7-18-13(10)9-19-14(20)11-5-2-6-12(8-11)21-15(16)17/h2,5-6,8,10,13,15,18H,3-4,7,9H2,1H3,(H,19,20). The van der Waals surface area contributed by atoms with Gasteiger partial charge < -0.3 is 15.4 Å². The minimum absolute atomic E-state index is 0.0122. The average molecular weight is 298 g/mol. The average Bonchev–Trinajstić information content (AvgIpc) is 2.45. The molecule has 2 rings (SSSR count). The van der Waals surface area contributed by atoms with Crippen LogP contribution in [0.3, 0.4) is 0 Å². The van der Waals surface area contributed by atoms with Gasteiger partial charge in [0.05, 0.1) is 0 Å². The van der Waals surface area contributed by atoms with E-state index in [0.29, 0.717) is 18.0 Å². The molecule has 4 nitrogen and oxygen atoms in total. The number of hydrogen-bond donors (Lipinski definition) is 2. The van der Waals surface area contributed by atoms with Gasteiger partial charge in [0, 0.05) is 18.2 Å². The van der Waals surface area contributed by atoms with Crippen molar-refractivity contribution in [2.75, 3.05) is 13.1 Å². The molecule has 0 radical (unpaired) electrons. The van der Waals surface area contributed by atoms with Crippen molar-refractivity contribution in [1.82, 2.24) is 10.6 Å². The van der Waals surface area contributed by atoms with Gasteiger partial charge in [0.1, 0.15) is 5.75 Å². The predicted molar refractivity (Wildman–Crippen MR) is 75.6 cm³/mol. The van der Waals surface area contributed by atoms with E-state index in [-0.39, 0.29) is 17.7 Å². The lowest BCUT2D eigenvalue weighted by molar-refractivity contribution is -0.0498. The Morgan fingerprint density at radius 3 is 3.05 bits per heavy atom. The maximum absolute atomic E-state index is 12.2. The molecule has 0 aliphatic carbocycles. The molecule has 0 saturated carbocycles. The Kier molecular flexibility index (Phi) is 5.50. The Hall–Kier alpha value is -1.69. The van der Waals surface area contributed by atoms with Crippen LogP contribution in [0.4, 0.5) is 8.78 Å². The van der Waals surface area contributed by atoms with Gasteiger partial charge in [-0.05, 0) is 43.5 Å². The summed E-state index contributed by atoms with van der Waals surface area (Å²) in [6, 6.07) is 6.06. The molecule has 0 spiro atoms. The molecule has 1 aromatic rings. The number of halogens is 2. The van der Waals surface area contributed by atoms with Crippen molar-refractivity contribution in [3.05, 3.63) is 29.8 Å². The summed E-state index contributed by atoms with van der Waals surface area (Å²) in [6.45, 7) is 0.749. The van der Waals surface area contributed by atoms with E-state index >= 15 is 0 Å². The van der Waals surface area contributed by atoms with E-state index in [2.05, 4.69) is 22.3 Å². The lowest BCUT2D eigenvalue weighted by atomic mass is 9.93. The molecule has 1 aliphatic rings. The molecular weight excluding hydrogens is 278 g/mol. The maximum atomic E-state index is 12.2. The normalized spacial score (nSPS) is 22.1. The number of carbonyl (C=O) groups is 1. The van der Waals surface area contributed by atoms with Crippen molar-refractivity contribution < 1.29 is 18.3 Å². The number of nitrogens with one attached hydrogen (secondary N) is 2. The van der Waals surface area contributed by atoms with Gasteiger partial charge in [-0.3, -0.25) is 4.79 Å². The van der Waals surface area contributed by atoms with Crippen LogP contribution >= 0.6 is 0 Å². The minimum Gasteiger partial charge on any atom is -0.435 e. The topological polar surface area (TPSA) is 50.4 Å². The van der Waals surface area contributed by atoms with Crippen LogP contribution in [0.15, 0.2) is 24.3 Å². The first-order valence-corrected chi connectivity index (χ1v) is 7.12. The zero-order valence-electron chi connectivity index (χ0n) is 11.9. The smallest absolute Gasteiger partial charge is 0.387 e. The molecule has 2 N–H and O–H groups in total. The molecule has 2 atom stereocenters. The highest BCUT2D eigenvalue weighted by molar-refractivity contribution is 5.94. The second kappa shape index (κ2) is 7.36. The molecule has 0 aromatic heterocycles. The molecule has 1 saturated heterocycles. The highest BCUT2D eigenvalue weighted by Crippen LogP contribution is 2.17. The SMILES string of the molecule is CC1CCCNC1CNC(=O)c1cccc(OC(F)F)c1. The van der Waals surface area contributed by atoms with Crippen molar-refractivity contribution in [1.29, 1.82) is 0 Å². The third-order valence-electron chi connectivity index (χ3n) is 3.73. The van der Waals surface area contributed by atoms with Gasteiger partial charge >= 0.3 is 6.61 Å². The van der Waals surface area contributed by atoms with Crippen LogP contribution in [-0.2, 0) is 0 Å². The van der Waals surface area contributed by atoms with E-state index in [9.17, 15) is 13.6 Å². The lowest BCUT2D eigenvalue weighted by Crippen LogP contribution is -2.47. The van der Waals surface area contributed by atoms with Crippen LogP contribution in [0.5, 0.6) is 5.75 Å². The Morgan fingerprint density at radius 2 is 2.33 bits per heavy atom. The highest BCUT2D eigenvalue weighted by Gasteiger charge is 2.21. The lowest BCUT2D eigenvalue weighted by Gasteiger charge is -2.30. The first-order valence-electron chi connectivity index (χ1n) is 7.12. The van der Waals surface area contributed by atoms with E-state index in [1.807, 2.05) is 0 Å². The molecule has 0 bridgehead atoms. The molecule has 1 amide bonds. The van der Waals surface area contributed by atoms with E-state index in [0.717, 1.165) is 19.4 Å². The summed E-state index contributed by atoms with van der Waals surface area (Å²) in [5, 5.41) is 6.21. The van der Waals surface area contributed by atoms with Crippen LogP contribution < -0.4 is 15.4 Å². The summed E-state index contributed by atoms with van der Waals surface area (Å²) in [5.41, 5.74) is 0.316. The highest BCUT2D eigenvalue weighted by atomic mass is 19.3. The van der Waals surface area contributed by atoms with Crippen LogP contribution in [0.2, 0.25) is 0 Å². The number of rotatable bonds is 5. The van der Waals surface area contributed by atoms with Gasteiger partial charge in [-0.25, -0.2) is 0 Å². The summed E-state index contributed by atoms with van der Waals surface area (Å²) < 4.78 is 28.6. The van der Waals surface area contributed by atoms with E-state index in [1.165, 1.54) is 18.2 Å². The van der Waals surface area contributed by atoms with Gasteiger partial charge in [-0.15, -0.1) is 0 Å². The summed E-state index contributed by atoms with van der Waals surface area (Å²) in [7, 11) is 0. The minimum atomic E-state index is -2.89. The molecular formula is C15H20F2N2O2. The number of benzene rings is 1. The van der Waals surface area contributed by atoms with Gasteiger partial charge in [-0.2, -0.15) is 8.78 Å². The van der Waals surface area contributed by atoms with Gasteiger partial charge in [0.15, 0.2) is 0 Å². The number of carbonyl (C=O) groups excluding carboxylic acids is 1. The zero-order chi connectivity index (χ0) is 15.2. The van der Waals surface area contributed by atoms with E-state index < -0.39 is 6.61 Å². The van der Waals surface area contributed by atoms with Crippen molar-refractivity contribution in [3.63, 3.8) is 0 Å². The maximum Gasteiger partial charge on any atom is 0.387 e. The predicted octanol–water partition coefficient (Wildman–Crippen LogP) is 2.41. The Balaban J connectivity index is 1.90. The summed E-state index contributed by atoms with van der Waals surface area (Å²) in [6.07, 6.45) is 2.30. The third-order valence-corrected chi connectivity index (χ3v) is 3.73. The number of alkyl halides is 2. The summed E-state index contributed by atoms with van der Waals surface area (Å²) in [5.74, 6) is 0.212. The summed E-state index contributed by atoms with van der Waals surface area (Å²) in [4.78, 5) is 12.1. The first kappa shape index (κ1) is 15.7. The molecule has 1 aromatic carbocycles. The number of piperidine rings is 1. The van der Waals surface area contributed by atoms with Crippen molar-refractivity contribution in [3.8, 4) is 5.75 Å². The largest absolute Gasteiger partial charge is 0.435 e. The van der Waals surface area contributed by atoms with Crippen LogP contribution in [0, 0.1) is 5.92 Å². The monoisotopic (exact) mass is 298 g/mol. The van der Waals surface area contributed by atoms with E-state index in [1.54, 1.807) is 6.07 Å². The van der Waals surface area contributed by atoms with Crippen LogP contribution in [0.1, 0.15) is 30.1 Å². The fourth-order valence-electron chi connectivity index (χ4n) is 2.51. The molecule has 21 heavy (non-hydrogen) atoms. The zero-order valence-corrected chi connectivity index (χ0v) is 11.9. The molecule has 1 fully saturated rings. The number of ether oxygens (including phenoxy) is 1. The van der Waals surface area contributed by atoms with Crippen LogP contribution in [0.25, 0.3) is 0 Å².